The van der Waals surface area contributed by atoms with E-state index in [2.05, 4.69) is 19.2 Å². The maximum atomic E-state index is 12.2. The van der Waals surface area contributed by atoms with Crippen molar-refractivity contribution in [1.29, 1.82) is 0 Å². The van der Waals surface area contributed by atoms with E-state index in [0.717, 1.165) is 20.3 Å². The van der Waals surface area contributed by atoms with Crippen LogP contribution in [0, 0.1) is 0 Å². The molecule has 0 saturated carbocycles. The minimum Gasteiger partial charge on any atom is -0.482 e. The number of hydrogen-bond acceptors (Lipinski definition) is 5. The van der Waals surface area contributed by atoms with E-state index in [0.29, 0.717) is 0 Å². The topological polar surface area (TPSA) is 77.6 Å². The summed E-state index contributed by atoms with van der Waals surface area (Å²) in [7, 11) is 2.20. The summed E-state index contributed by atoms with van der Waals surface area (Å²) in [6, 6.07) is 0.904. The smallest absolute Gasteiger partial charge is 0.482 e. The summed E-state index contributed by atoms with van der Waals surface area (Å²) >= 11 is 0. The monoisotopic (exact) mass is 281 g/mol. The molecule has 1 N–H and O–H groups in total. The third kappa shape index (κ3) is 4.19. The lowest BCUT2D eigenvalue weighted by Gasteiger charge is -2.13. The first-order valence-electron chi connectivity index (χ1n) is 4.89. The van der Waals surface area contributed by atoms with Gasteiger partial charge in [-0.05, 0) is 0 Å². The fourth-order valence-corrected chi connectivity index (χ4v) is 1.24. The zero-order valence-corrected chi connectivity index (χ0v) is 9.96. The minimum absolute atomic E-state index is 0.224. The Balaban J connectivity index is 3.25. The van der Waals surface area contributed by atoms with E-state index in [4.69, 9.17) is 0 Å². The number of rotatable bonds is 4. The highest BCUT2D eigenvalue weighted by Crippen LogP contribution is 2.25. The molecule has 0 saturated heterocycles. The Morgan fingerprint density at radius 2 is 2.00 bits per heavy atom. The zero-order chi connectivity index (χ0) is 14.6. The van der Waals surface area contributed by atoms with Crippen LogP contribution in [-0.4, -0.2) is 31.5 Å². The fourth-order valence-electron chi connectivity index (χ4n) is 1.24. The first-order chi connectivity index (χ1) is 8.76. The molecule has 0 spiro atoms. The largest absolute Gasteiger partial charge is 0.574 e. The van der Waals surface area contributed by atoms with Crippen molar-refractivity contribution in [2.45, 2.75) is 12.8 Å². The van der Waals surface area contributed by atoms with Crippen molar-refractivity contribution >= 4 is 5.97 Å². The van der Waals surface area contributed by atoms with Crippen molar-refractivity contribution in [2.24, 2.45) is 0 Å². The standard InChI is InChI=1S/C10H10F3NO5/c1-17-7-4-6(15)5(3-8(16)18-2)9(14-7)19-10(11,12)13/h4H,3H2,1-2H3,(H,14,15). The third-order valence-corrected chi connectivity index (χ3v) is 2.06. The number of aromatic nitrogens is 1. The van der Waals surface area contributed by atoms with E-state index in [9.17, 15) is 22.8 Å². The molecule has 1 heterocycles. The summed E-state index contributed by atoms with van der Waals surface area (Å²) in [4.78, 5) is 24.8. The Morgan fingerprint density at radius 1 is 1.37 bits per heavy atom. The highest BCUT2D eigenvalue weighted by molar-refractivity contribution is 5.73. The Labute approximate surface area is 105 Å². The van der Waals surface area contributed by atoms with Crippen molar-refractivity contribution < 1.29 is 32.2 Å². The molecule has 0 bridgehead atoms. The van der Waals surface area contributed by atoms with Crippen LogP contribution in [-0.2, 0) is 16.0 Å². The van der Waals surface area contributed by atoms with Gasteiger partial charge in [-0.15, -0.1) is 13.2 Å². The number of alkyl halides is 3. The molecular formula is C10H10F3NO5. The fraction of sp³-hybridized carbons (Fsp3) is 0.400. The van der Waals surface area contributed by atoms with Gasteiger partial charge in [-0.25, -0.2) is 0 Å². The lowest BCUT2D eigenvalue weighted by Crippen LogP contribution is -2.23. The van der Waals surface area contributed by atoms with Crippen LogP contribution in [0.4, 0.5) is 13.2 Å². The lowest BCUT2D eigenvalue weighted by atomic mass is 10.2. The Hall–Kier alpha value is -2.19. The predicted octanol–water partition coefficient (Wildman–Crippen LogP) is 0.998. The highest BCUT2D eigenvalue weighted by atomic mass is 19.4. The van der Waals surface area contributed by atoms with E-state index in [1.807, 2.05) is 0 Å². The quantitative estimate of drug-likeness (QED) is 0.833. The molecule has 9 heteroatoms. The molecule has 0 fully saturated rings. The zero-order valence-electron chi connectivity index (χ0n) is 9.96. The molecule has 1 aromatic rings. The van der Waals surface area contributed by atoms with Crippen LogP contribution < -0.4 is 14.9 Å². The van der Waals surface area contributed by atoms with Crippen LogP contribution in [0.3, 0.4) is 0 Å². The predicted molar refractivity (Wildman–Crippen MR) is 56.0 cm³/mol. The number of ether oxygens (including phenoxy) is 3. The van der Waals surface area contributed by atoms with Gasteiger partial charge in [0.1, 0.15) is 0 Å². The number of hydrogen-bond donors (Lipinski definition) is 1. The Morgan fingerprint density at radius 3 is 2.47 bits per heavy atom. The summed E-state index contributed by atoms with van der Waals surface area (Å²) in [5.41, 5.74) is -1.33. The average molecular weight is 281 g/mol. The van der Waals surface area contributed by atoms with Crippen molar-refractivity contribution in [1.82, 2.24) is 4.98 Å². The summed E-state index contributed by atoms with van der Waals surface area (Å²) in [5.74, 6) is -2.00. The SMILES string of the molecule is COC(=O)Cc1c(OC(F)(F)F)[nH]c(OC)cc1=O. The molecule has 0 unspecified atom stereocenters. The van der Waals surface area contributed by atoms with E-state index < -0.39 is 35.6 Å². The molecule has 0 radical (unpaired) electrons. The average Bonchev–Trinajstić information content (AvgIpc) is 2.30. The lowest BCUT2D eigenvalue weighted by molar-refractivity contribution is -0.276. The molecule has 6 nitrogen and oxygen atoms in total. The molecular weight excluding hydrogens is 271 g/mol. The molecule has 0 aliphatic carbocycles. The van der Waals surface area contributed by atoms with Crippen molar-refractivity contribution in [3.05, 3.63) is 21.9 Å². The van der Waals surface area contributed by atoms with Crippen molar-refractivity contribution in [3.63, 3.8) is 0 Å². The van der Waals surface area contributed by atoms with Crippen molar-refractivity contribution in [3.8, 4) is 11.8 Å². The van der Waals surface area contributed by atoms with Gasteiger partial charge in [-0.3, -0.25) is 14.6 Å². The number of methoxy groups -OCH3 is 2. The second kappa shape index (κ2) is 5.63. The number of carbonyl (C=O) groups excluding carboxylic acids is 1. The van der Waals surface area contributed by atoms with E-state index in [1.54, 1.807) is 0 Å². The van der Waals surface area contributed by atoms with Crippen molar-refractivity contribution in [2.75, 3.05) is 14.2 Å². The van der Waals surface area contributed by atoms with Gasteiger partial charge in [0.2, 0.25) is 5.88 Å². The van der Waals surface area contributed by atoms with Crippen LogP contribution in [0.25, 0.3) is 0 Å². The number of esters is 1. The van der Waals surface area contributed by atoms with Gasteiger partial charge in [-0.2, -0.15) is 0 Å². The van der Waals surface area contributed by atoms with Crippen LogP contribution in [0.1, 0.15) is 5.56 Å². The molecule has 1 rings (SSSR count). The molecule has 0 aliphatic rings. The summed E-state index contributed by atoms with van der Waals surface area (Å²) in [6.45, 7) is 0. The molecule has 0 aliphatic heterocycles. The number of halogens is 3. The highest BCUT2D eigenvalue weighted by Gasteiger charge is 2.33. The van der Waals surface area contributed by atoms with Gasteiger partial charge in [0.15, 0.2) is 11.3 Å². The number of carbonyl (C=O) groups is 1. The molecule has 106 valence electrons. The van der Waals surface area contributed by atoms with Crippen LogP contribution in [0.15, 0.2) is 10.9 Å². The van der Waals surface area contributed by atoms with Crippen LogP contribution in [0.5, 0.6) is 11.8 Å². The maximum absolute atomic E-state index is 12.2. The van der Waals surface area contributed by atoms with Gasteiger partial charge in [-0.1, -0.05) is 0 Å². The third-order valence-electron chi connectivity index (χ3n) is 2.06. The minimum atomic E-state index is -5.01. The Bertz CT molecular complexity index is 523. The summed E-state index contributed by atoms with van der Waals surface area (Å²) < 4.78 is 49.2. The summed E-state index contributed by atoms with van der Waals surface area (Å²) in [5, 5.41) is 0. The first kappa shape index (κ1) is 14.9. The van der Waals surface area contributed by atoms with E-state index in [-0.39, 0.29) is 5.88 Å². The second-order valence-electron chi connectivity index (χ2n) is 3.31. The molecule has 0 atom stereocenters. The molecule has 0 amide bonds. The first-order valence-corrected chi connectivity index (χ1v) is 4.89. The van der Waals surface area contributed by atoms with Gasteiger partial charge in [0.05, 0.1) is 26.2 Å². The van der Waals surface area contributed by atoms with Gasteiger partial charge in [0, 0.05) is 6.07 Å². The molecule has 19 heavy (non-hydrogen) atoms. The molecule has 0 aromatic carbocycles. The van der Waals surface area contributed by atoms with Gasteiger partial charge >= 0.3 is 12.3 Å². The molecule has 1 aromatic heterocycles. The van der Waals surface area contributed by atoms with Crippen LogP contribution in [0.2, 0.25) is 0 Å². The van der Waals surface area contributed by atoms with E-state index in [1.165, 1.54) is 0 Å². The number of aromatic amines is 1. The van der Waals surface area contributed by atoms with E-state index >= 15 is 0 Å². The van der Waals surface area contributed by atoms with Gasteiger partial charge in [0.25, 0.3) is 0 Å². The number of nitrogens with one attached hydrogen (secondary N) is 1. The Kier molecular flexibility index (Phi) is 4.41. The maximum Gasteiger partial charge on any atom is 0.574 e. The number of H-pyrrole nitrogens is 1. The summed E-state index contributed by atoms with van der Waals surface area (Å²) in [6.07, 6.45) is -5.67. The number of pyridine rings is 1. The normalized spacial score (nSPS) is 11.0. The second-order valence-corrected chi connectivity index (χ2v) is 3.31. The van der Waals surface area contributed by atoms with Crippen LogP contribution >= 0.6 is 0 Å². The van der Waals surface area contributed by atoms with Gasteiger partial charge < -0.3 is 14.2 Å².